The summed E-state index contributed by atoms with van der Waals surface area (Å²) < 4.78 is 1.71. The summed E-state index contributed by atoms with van der Waals surface area (Å²) in [5, 5.41) is 7.33. The van der Waals surface area contributed by atoms with Gasteiger partial charge >= 0.3 is 0 Å². The number of aromatic nitrogens is 2. The minimum atomic E-state index is -0.0141. The molecule has 15 heavy (non-hydrogen) atoms. The van der Waals surface area contributed by atoms with Crippen molar-refractivity contribution in [2.24, 2.45) is 7.05 Å². The Morgan fingerprint density at radius 3 is 2.67 bits per heavy atom. The molecule has 1 aromatic rings. The average Bonchev–Trinajstić information content (AvgIpc) is 2.47. The van der Waals surface area contributed by atoms with Crippen molar-refractivity contribution in [1.82, 2.24) is 15.1 Å². The van der Waals surface area contributed by atoms with Gasteiger partial charge in [0, 0.05) is 18.8 Å². The van der Waals surface area contributed by atoms with Gasteiger partial charge in [0.15, 0.2) is 5.78 Å². The van der Waals surface area contributed by atoms with E-state index in [1.165, 1.54) is 0 Å². The molecule has 0 radical (unpaired) electrons. The summed E-state index contributed by atoms with van der Waals surface area (Å²) in [4.78, 5) is 11.6. The third-order valence-corrected chi connectivity index (χ3v) is 1.96. The molecular formula is C11H19N3O. The standard InChI is InChI=1S/C11H19N3O/c1-11(2,3)12-8-10(15)7-9-5-6-14(4)13-9/h5-6,12H,7-8H2,1-4H3. The SMILES string of the molecule is Cn1ccc(CC(=O)CNC(C)(C)C)n1. The summed E-state index contributed by atoms with van der Waals surface area (Å²) in [6.07, 6.45) is 2.25. The van der Waals surface area contributed by atoms with Gasteiger partial charge in [-0.1, -0.05) is 0 Å². The van der Waals surface area contributed by atoms with Crippen LogP contribution in [0.25, 0.3) is 0 Å². The van der Waals surface area contributed by atoms with Crippen molar-refractivity contribution in [2.75, 3.05) is 6.54 Å². The van der Waals surface area contributed by atoms with Gasteiger partial charge < -0.3 is 5.32 Å². The lowest BCUT2D eigenvalue weighted by Crippen LogP contribution is -2.39. The van der Waals surface area contributed by atoms with Gasteiger partial charge in [0.2, 0.25) is 0 Å². The molecule has 1 heterocycles. The molecular weight excluding hydrogens is 190 g/mol. The van der Waals surface area contributed by atoms with Gasteiger partial charge in [-0.05, 0) is 26.8 Å². The molecule has 0 aliphatic rings. The number of nitrogens with zero attached hydrogens (tertiary/aromatic N) is 2. The Hall–Kier alpha value is -1.16. The molecule has 1 rings (SSSR count). The predicted octanol–water partition coefficient (Wildman–Crippen LogP) is 0.920. The zero-order valence-electron chi connectivity index (χ0n) is 9.87. The molecule has 0 unspecified atom stereocenters. The highest BCUT2D eigenvalue weighted by molar-refractivity contribution is 5.82. The first-order valence-electron chi connectivity index (χ1n) is 5.12. The second-order valence-corrected chi connectivity index (χ2v) is 4.80. The summed E-state index contributed by atoms with van der Waals surface area (Å²) >= 11 is 0. The molecule has 1 aromatic heterocycles. The lowest BCUT2D eigenvalue weighted by molar-refractivity contribution is -0.117. The van der Waals surface area contributed by atoms with E-state index < -0.39 is 0 Å². The van der Waals surface area contributed by atoms with Crippen LogP contribution in [0.4, 0.5) is 0 Å². The third-order valence-electron chi connectivity index (χ3n) is 1.96. The van der Waals surface area contributed by atoms with E-state index in [4.69, 9.17) is 0 Å². The maximum absolute atomic E-state index is 11.6. The van der Waals surface area contributed by atoms with Crippen molar-refractivity contribution >= 4 is 5.78 Å². The zero-order chi connectivity index (χ0) is 11.5. The maximum atomic E-state index is 11.6. The minimum Gasteiger partial charge on any atom is -0.305 e. The van der Waals surface area contributed by atoms with E-state index in [-0.39, 0.29) is 11.3 Å². The second kappa shape index (κ2) is 4.57. The number of Topliss-reactive ketones (excluding diaryl/α,β-unsaturated/α-hetero) is 1. The Kier molecular flexibility index (Phi) is 3.63. The van der Waals surface area contributed by atoms with Crippen LogP contribution in [0.5, 0.6) is 0 Å². The Balaban J connectivity index is 2.37. The third kappa shape index (κ3) is 4.74. The number of carbonyl (C=O) groups is 1. The van der Waals surface area contributed by atoms with Gasteiger partial charge in [0.1, 0.15) is 0 Å². The van der Waals surface area contributed by atoms with E-state index in [9.17, 15) is 4.79 Å². The van der Waals surface area contributed by atoms with Gasteiger partial charge in [-0.2, -0.15) is 5.10 Å². The molecule has 0 saturated heterocycles. The van der Waals surface area contributed by atoms with Crippen LogP contribution >= 0.6 is 0 Å². The number of rotatable bonds is 4. The molecule has 0 amide bonds. The number of carbonyl (C=O) groups excluding carboxylic acids is 1. The van der Waals surface area contributed by atoms with E-state index in [1.54, 1.807) is 4.68 Å². The van der Waals surface area contributed by atoms with Crippen molar-refractivity contribution in [2.45, 2.75) is 32.7 Å². The normalized spacial score (nSPS) is 11.7. The second-order valence-electron chi connectivity index (χ2n) is 4.80. The molecule has 1 N–H and O–H groups in total. The largest absolute Gasteiger partial charge is 0.305 e. The van der Waals surface area contributed by atoms with Crippen LogP contribution in [-0.2, 0) is 18.3 Å². The highest BCUT2D eigenvalue weighted by atomic mass is 16.1. The van der Waals surface area contributed by atoms with E-state index in [2.05, 4.69) is 10.4 Å². The molecule has 0 saturated carbocycles. The zero-order valence-corrected chi connectivity index (χ0v) is 9.87. The van der Waals surface area contributed by atoms with Crippen molar-refractivity contribution < 1.29 is 4.79 Å². The van der Waals surface area contributed by atoms with Gasteiger partial charge in [-0.25, -0.2) is 0 Å². The van der Waals surface area contributed by atoms with Gasteiger partial charge in [0.25, 0.3) is 0 Å². The molecule has 0 spiro atoms. The number of aryl methyl sites for hydroxylation is 1. The monoisotopic (exact) mass is 209 g/mol. The highest BCUT2D eigenvalue weighted by Crippen LogP contribution is 1.99. The predicted molar refractivity (Wildman–Crippen MR) is 59.7 cm³/mol. The fourth-order valence-corrected chi connectivity index (χ4v) is 1.19. The van der Waals surface area contributed by atoms with Crippen LogP contribution in [-0.4, -0.2) is 27.6 Å². The Morgan fingerprint density at radius 2 is 2.20 bits per heavy atom. The van der Waals surface area contributed by atoms with E-state index >= 15 is 0 Å². The van der Waals surface area contributed by atoms with E-state index in [1.807, 2.05) is 40.1 Å². The molecule has 0 atom stereocenters. The Labute approximate surface area is 90.7 Å². The number of hydrogen-bond donors (Lipinski definition) is 1. The van der Waals surface area contributed by atoms with Crippen molar-refractivity contribution in [3.8, 4) is 0 Å². The van der Waals surface area contributed by atoms with Crippen LogP contribution in [0.2, 0.25) is 0 Å². The Morgan fingerprint density at radius 1 is 1.53 bits per heavy atom. The molecule has 0 aromatic carbocycles. The first-order valence-corrected chi connectivity index (χ1v) is 5.12. The van der Waals surface area contributed by atoms with Crippen LogP contribution in [0.1, 0.15) is 26.5 Å². The minimum absolute atomic E-state index is 0.0141. The van der Waals surface area contributed by atoms with Crippen LogP contribution in [0.3, 0.4) is 0 Å². The van der Waals surface area contributed by atoms with Gasteiger partial charge in [0.05, 0.1) is 18.7 Å². The summed E-state index contributed by atoms with van der Waals surface area (Å²) in [6.45, 7) is 6.53. The van der Waals surface area contributed by atoms with Crippen LogP contribution in [0.15, 0.2) is 12.3 Å². The summed E-state index contributed by atoms with van der Waals surface area (Å²) in [5.74, 6) is 0.170. The lowest BCUT2D eigenvalue weighted by Gasteiger charge is -2.19. The topological polar surface area (TPSA) is 46.9 Å². The fraction of sp³-hybridized carbons (Fsp3) is 0.636. The molecule has 4 heteroatoms. The highest BCUT2D eigenvalue weighted by Gasteiger charge is 2.12. The molecule has 0 aliphatic carbocycles. The van der Waals surface area contributed by atoms with Gasteiger partial charge in [-0.15, -0.1) is 0 Å². The Bertz CT molecular complexity index is 336. The van der Waals surface area contributed by atoms with Crippen LogP contribution in [0, 0.1) is 0 Å². The smallest absolute Gasteiger partial charge is 0.152 e. The number of hydrogen-bond acceptors (Lipinski definition) is 3. The first-order chi connectivity index (χ1) is 6.87. The summed E-state index contributed by atoms with van der Waals surface area (Å²) in [6, 6.07) is 1.87. The van der Waals surface area contributed by atoms with Crippen LogP contribution < -0.4 is 5.32 Å². The average molecular weight is 209 g/mol. The van der Waals surface area contributed by atoms with Crippen molar-refractivity contribution in [1.29, 1.82) is 0 Å². The maximum Gasteiger partial charge on any atom is 0.152 e. The molecule has 84 valence electrons. The molecule has 0 aliphatic heterocycles. The van der Waals surface area contributed by atoms with Gasteiger partial charge in [-0.3, -0.25) is 9.48 Å². The molecule has 0 fully saturated rings. The number of ketones is 1. The lowest BCUT2D eigenvalue weighted by atomic mass is 10.1. The first kappa shape index (κ1) is 11.9. The molecule has 0 bridgehead atoms. The fourth-order valence-electron chi connectivity index (χ4n) is 1.19. The number of nitrogens with one attached hydrogen (secondary N) is 1. The summed E-state index contributed by atoms with van der Waals surface area (Å²) in [7, 11) is 1.85. The van der Waals surface area contributed by atoms with Crippen molar-refractivity contribution in [3.63, 3.8) is 0 Å². The van der Waals surface area contributed by atoms with E-state index in [0.717, 1.165) is 5.69 Å². The molecule has 4 nitrogen and oxygen atoms in total. The quantitative estimate of drug-likeness (QED) is 0.802. The van der Waals surface area contributed by atoms with Crippen molar-refractivity contribution in [3.05, 3.63) is 18.0 Å². The van der Waals surface area contributed by atoms with E-state index in [0.29, 0.717) is 13.0 Å². The summed E-state index contributed by atoms with van der Waals surface area (Å²) in [5.41, 5.74) is 0.818.